The second-order valence-electron chi connectivity index (χ2n) is 5.88. The standard InChI is InChI=1S/C15H24N4O/c1-10(2)15-17-7-4-13(18-15)12-5-8-19(9-6-12)11(3)14(16)20/h4,7,10-12H,5-6,8-9H2,1-3H3,(H2,16,20). The number of aromatic nitrogens is 2. The van der Waals surface area contributed by atoms with Crippen LogP contribution in [0.4, 0.5) is 0 Å². The minimum atomic E-state index is -0.243. The Morgan fingerprint density at radius 1 is 1.35 bits per heavy atom. The molecule has 0 aliphatic carbocycles. The minimum absolute atomic E-state index is 0.174. The molecule has 2 N–H and O–H groups in total. The first-order valence-corrected chi connectivity index (χ1v) is 7.35. The van der Waals surface area contributed by atoms with Gasteiger partial charge in [-0.25, -0.2) is 9.97 Å². The molecule has 110 valence electrons. The second kappa shape index (κ2) is 6.31. The van der Waals surface area contributed by atoms with Crippen LogP contribution in [-0.4, -0.2) is 39.9 Å². The molecule has 1 saturated heterocycles. The van der Waals surface area contributed by atoms with Crippen molar-refractivity contribution < 1.29 is 4.79 Å². The summed E-state index contributed by atoms with van der Waals surface area (Å²) in [5.41, 5.74) is 6.50. The molecule has 1 aliphatic heterocycles. The Hall–Kier alpha value is -1.49. The van der Waals surface area contributed by atoms with Crippen molar-refractivity contribution in [3.05, 3.63) is 23.8 Å². The largest absolute Gasteiger partial charge is 0.368 e. The number of hydrogen-bond acceptors (Lipinski definition) is 4. The van der Waals surface area contributed by atoms with E-state index in [4.69, 9.17) is 5.73 Å². The van der Waals surface area contributed by atoms with Crippen LogP contribution in [0.2, 0.25) is 0 Å². The number of carbonyl (C=O) groups excluding carboxylic acids is 1. The van der Waals surface area contributed by atoms with Gasteiger partial charge in [0.1, 0.15) is 5.82 Å². The number of hydrogen-bond donors (Lipinski definition) is 1. The number of primary amides is 1. The maximum absolute atomic E-state index is 11.2. The molecule has 5 nitrogen and oxygen atoms in total. The maximum Gasteiger partial charge on any atom is 0.234 e. The highest BCUT2D eigenvalue weighted by Gasteiger charge is 2.26. The first kappa shape index (κ1) is 14.9. The average molecular weight is 276 g/mol. The summed E-state index contributed by atoms with van der Waals surface area (Å²) in [6.45, 7) is 7.89. The monoisotopic (exact) mass is 276 g/mol. The van der Waals surface area contributed by atoms with Crippen molar-refractivity contribution in [1.82, 2.24) is 14.9 Å². The molecule has 2 rings (SSSR count). The SMILES string of the molecule is CC(C)c1nccc(C2CCN(C(C)C(N)=O)CC2)n1. The van der Waals surface area contributed by atoms with E-state index in [0.717, 1.165) is 37.4 Å². The van der Waals surface area contributed by atoms with E-state index in [-0.39, 0.29) is 11.9 Å². The van der Waals surface area contributed by atoms with Gasteiger partial charge in [0, 0.05) is 23.7 Å². The van der Waals surface area contributed by atoms with Gasteiger partial charge in [-0.2, -0.15) is 0 Å². The van der Waals surface area contributed by atoms with Crippen molar-refractivity contribution in [3.8, 4) is 0 Å². The van der Waals surface area contributed by atoms with E-state index in [1.165, 1.54) is 0 Å². The van der Waals surface area contributed by atoms with Gasteiger partial charge in [0.2, 0.25) is 5.91 Å². The van der Waals surface area contributed by atoms with Crippen LogP contribution in [0, 0.1) is 0 Å². The zero-order valence-corrected chi connectivity index (χ0v) is 12.5. The predicted octanol–water partition coefficient (Wildman–Crippen LogP) is 1.65. The molecule has 20 heavy (non-hydrogen) atoms. The van der Waals surface area contributed by atoms with Crippen LogP contribution in [0.15, 0.2) is 12.3 Å². The minimum Gasteiger partial charge on any atom is -0.368 e. The van der Waals surface area contributed by atoms with Crippen LogP contribution >= 0.6 is 0 Å². The van der Waals surface area contributed by atoms with Gasteiger partial charge in [0.15, 0.2) is 0 Å². The third-order valence-corrected chi connectivity index (χ3v) is 4.12. The Morgan fingerprint density at radius 3 is 2.55 bits per heavy atom. The molecular weight excluding hydrogens is 252 g/mol. The van der Waals surface area contributed by atoms with Crippen LogP contribution in [0.1, 0.15) is 57.0 Å². The zero-order valence-electron chi connectivity index (χ0n) is 12.5. The number of amides is 1. The summed E-state index contributed by atoms with van der Waals surface area (Å²) in [6, 6.07) is 1.84. The number of likely N-dealkylation sites (tertiary alicyclic amines) is 1. The van der Waals surface area contributed by atoms with Gasteiger partial charge < -0.3 is 5.73 Å². The van der Waals surface area contributed by atoms with Gasteiger partial charge in [0.25, 0.3) is 0 Å². The highest BCUT2D eigenvalue weighted by Crippen LogP contribution is 2.27. The molecule has 1 aromatic heterocycles. The zero-order chi connectivity index (χ0) is 14.7. The Balaban J connectivity index is 2.00. The lowest BCUT2D eigenvalue weighted by Crippen LogP contribution is -2.46. The molecular formula is C15H24N4O. The van der Waals surface area contributed by atoms with Crippen LogP contribution < -0.4 is 5.73 Å². The molecule has 1 aliphatic rings. The van der Waals surface area contributed by atoms with Gasteiger partial charge in [-0.15, -0.1) is 0 Å². The second-order valence-corrected chi connectivity index (χ2v) is 5.88. The summed E-state index contributed by atoms with van der Waals surface area (Å²) < 4.78 is 0. The number of nitrogens with zero attached hydrogens (tertiary/aromatic N) is 3. The van der Waals surface area contributed by atoms with Gasteiger partial charge in [-0.05, 0) is 38.9 Å². The number of carbonyl (C=O) groups is 1. The summed E-state index contributed by atoms with van der Waals surface area (Å²) in [7, 11) is 0. The highest BCUT2D eigenvalue weighted by molar-refractivity contribution is 5.79. The molecule has 0 bridgehead atoms. The lowest BCUT2D eigenvalue weighted by molar-refractivity contribution is -0.123. The lowest BCUT2D eigenvalue weighted by atomic mass is 9.92. The Bertz CT molecular complexity index is 467. The Kier molecular flexibility index (Phi) is 4.70. The fraction of sp³-hybridized carbons (Fsp3) is 0.667. The van der Waals surface area contributed by atoms with Gasteiger partial charge in [-0.1, -0.05) is 13.8 Å². The van der Waals surface area contributed by atoms with Crippen molar-refractivity contribution in [2.75, 3.05) is 13.1 Å². The van der Waals surface area contributed by atoms with E-state index >= 15 is 0 Å². The van der Waals surface area contributed by atoms with Crippen molar-refractivity contribution in [2.45, 2.75) is 51.5 Å². The predicted molar refractivity (Wildman–Crippen MR) is 78.3 cm³/mol. The summed E-state index contributed by atoms with van der Waals surface area (Å²) in [4.78, 5) is 22.4. The third kappa shape index (κ3) is 3.33. The van der Waals surface area contributed by atoms with Crippen molar-refractivity contribution in [3.63, 3.8) is 0 Å². The Labute approximate surface area is 120 Å². The summed E-state index contributed by atoms with van der Waals surface area (Å²) in [6.07, 6.45) is 3.90. The summed E-state index contributed by atoms with van der Waals surface area (Å²) in [5.74, 6) is 1.49. The van der Waals surface area contributed by atoms with E-state index in [2.05, 4.69) is 28.7 Å². The van der Waals surface area contributed by atoms with E-state index in [1.54, 1.807) is 0 Å². The number of rotatable bonds is 4. The molecule has 1 fully saturated rings. The van der Waals surface area contributed by atoms with Gasteiger partial charge in [0.05, 0.1) is 6.04 Å². The molecule has 5 heteroatoms. The Morgan fingerprint density at radius 2 is 2.00 bits per heavy atom. The molecule has 0 saturated carbocycles. The van der Waals surface area contributed by atoms with Crippen LogP contribution in [0.5, 0.6) is 0 Å². The van der Waals surface area contributed by atoms with Crippen molar-refractivity contribution in [1.29, 1.82) is 0 Å². The van der Waals surface area contributed by atoms with E-state index < -0.39 is 0 Å². The van der Waals surface area contributed by atoms with E-state index in [9.17, 15) is 4.79 Å². The molecule has 1 unspecified atom stereocenters. The topological polar surface area (TPSA) is 72.1 Å². The third-order valence-electron chi connectivity index (χ3n) is 4.12. The summed E-state index contributed by atoms with van der Waals surface area (Å²) >= 11 is 0. The first-order chi connectivity index (χ1) is 9.49. The van der Waals surface area contributed by atoms with Crippen LogP contribution in [0.3, 0.4) is 0 Å². The number of nitrogens with two attached hydrogens (primary N) is 1. The smallest absolute Gasteiger partial charge is 0.234 e. The molecule has 2 heterocycles. The van der Waals surface area contributed by atoms with Gasteiger partial charge >= 0.3 is 0 Å². The lowest BCUT2D eigenvalue weighted by Gasteiger charge is -2.34. The molecule has 0 aromatic carbocycles. The fourth-order valence-electron chi connectivity index (χ4n) is 2.66. The normalized spacial score (nSPS) is 19.2. The van der Waals surface area contributed by atoms with E-state index in [1.807, 2.05) is 19.2 Å². The fourth-order valence-corrected chi connectivity index (χ4v) is 2.66. The molecule has 1 aromatic rings. The molecule has 0 radical (unpaired) electrons. The highest BCUT2D eigenvalue weighted by atomic mass is 16.1. The average Bonchev–Trinajstić information content (AvgIpc) is 2.46. The van der Waals surface area contributed by atoms with Gasteiger partial charge in [-0.3, -0.25) is 9.69 Å². The first-order valence-electron chi connectivity index (χ1n) is 7.35. The van der Waals surface area contributed by atoms with Crippen LogP contribution in [-0.2, 0) is 4.79 Å². The van der Waals surface area contributed by atoms with E-state index in [0.29, 0.717) is 11.8 Å². The quantitative estimate of drug-likeness (QED) is 0.907. The van der Waals surface area contributed by atoms with Crippen molar-refractivity contribution in [2.24, 2.45) is 5.73 Å². The van der Waals surface area contributed by atoms with Crippen LogP contribution in [0.25, 0.3) is 0 Å². The molecule has 1 atom stereocenters. The molecule has 1 amide bonds. The number of piperidine rings is 1. The maximum atomic E-state index is 11.2. The summed E-state index contributed by atoms with van der Waals surface area (Å²) in [5, 5.41) is 0. The molecule has 0 spiro atoms. The van der Waals surface area contributed by atoms with Crippen molar-refractivity contribution >= 4 is 5.91 Å².